The van der Waals surface area contributed by atoms with Crippen LogP contribution in [0, 0.1) is 17.3 Å². The van der Waals surface area contributed by atoms with Crippen LogP contribution in [0.25, 0.3) is 0 Å². The zero-order valence-corrected chi connectivity index (χ0v) is 16.3. The Balaban J connectivity index is 1.69. The Kier molecular flexibility index (Phi) is 4.58. The van der Waals surface area contributed by atoms with Gasteiger partial charge in [0.05, 0.1) is 12.8 Å². The van der Waals surface area contributed by atoms with Crippen molar-refractivity contribution in [1.29, 1.82) is 0 Å². The van der Waals surface area contributed by atoms with Crippen molar-refractivity contribution in [2.75, 3.05) is 12.4 Å². The van der Waals surface area contributed by atoms with Crippen LogP contribution in [0.3, 0.4) is 0 Å². The number of fused-ring (bicyclic) bond motifs is 5. The molecule has 1 amide bonds. The van der Waals surface area contributed by atoms with Crippen LogP contribution in [-0.4, -0.2) is 13.5 Å². The number of benzene rings is 1. The van der Waals surface area contributed by atoms with E-state index in [2.05, 4.69) is 37.4 Å². The number of carbonyl (C=O) groups is 1. The quantitative estimate of drug-likeness (QED) is 0.577. The van der Waals surface area contributed by atoms with Crippen LogP contribution in [0.5, 0.6) is 5.75 Å². The number of methoxy groups -OCH3 is 1. The second kappa shape index (κ2) is 6.75. The molecule has 2 fully saturated rings. The predicted octanol–water partition coefficient (Wildman–Crippen LogP) is 5.46. The molecular formula is C23H31NO2. The molecule has 0 heterocycles. The first kappa shape index (κ1) is 17.6. The second-order valence-corrected chi connectivity index (χ2v) is 8.56. The van der Waals surface area contributed by atoms with E-state index in [1.807, 2.05) is 0 Å². The third-order valence-corrected chi connectivity index (χ3v) is 7.56. The van der Waals surface area contributed by atoms with Crippen molar-refractivity contribution in [2.24, 2.45) is 17.3 Å². The molecule has 3 aliphatic carbocycles. The Bertz CT molecular complexity index is 738. The fraction of sp³-hybridized carbons (Fsp3) is 0.609. The molecule has 26 heavy (non-hydrogen) atoms. The number of anilines is 1. The smallest absolute Gasteiger partial charge is 0.211 e. The molecule has 1 aromatic rings. The lowest BCUT2D eigenvalue weighted by atomic mass is 9.55. The third kappa shape index (κ3) is 2.59. The summed E-state index contributed by atoms with van der Waals surface area (Å²) in [6.07, 6.45) is 12.1. The summed E-state index contributed by atoms with van der Waals surface area (Å²) in [5, 5.41) is 2.80. The minimum absolute atomic E-state index is 0.428. The fourth-order valence-electron chi connectivity index (χ4n) is 6.38. The van der Waals surface area contributed by atoms with E-state index in [0.717, 1.165) is 42.5 Å². The summed E-state index contributed by atoms with van der Waals surface area (Å²) in [6.45, 7) is 4.80. The van der Waals surface area contributed by atoms with Gasteiger partial charge in [-0.1, -0.05) is 25.5 Å². The molecule has 0 saturated heterocycles. The Morgan fingerprint density at radius 1 is 1.27 bits per heavy atom. The highest BCUT2D eigenvalue weighted by Gasteiger charge is 2.52. The number of hydrogen-bond acceptors (Lipinski definition) is 2. The molecule has 1 aromatic carbocycles. The van der Waals surface area contributed by atoms with E-state index in [9.17, 15) is 4.79 Å². The summed E-state index contributed by atoms with van der Waals surface area (Å²) in [6, 6.07) is 4.35. The molecule has 2 saturated carbocycles. The molecule has 0 aromatic heterocycles. The average Bonchev–Trinajstić information content (AvgIpc) is 2.98. The van der Waals surface area contributed by atoms with Gasteiger partial charge in [-0.3, -0.25) is 4.79 Å². The maximum atomic E-state index is 10.9. The van der Waals surface area contributed by atoms with Gasteiger partial charge in [0.25, 0.3) is 0 Å². The van der Waals surface area contributed by atoms with Crippen molar-refractivity contribution in [3.63, 3.8) is 0 Å². The van der Waals surface area contributed by atoms with Gasteiger partial charge >= 0.3 is 0 Å². The van der Waals surface area contributed by atoms with Crippen LogP contribution < -0.4 is 10.1 Å². The first-order chi connectivity index (χ1) is 12.6. The Morgan fingerprint density at radius 3 is 2.85 bits per heavy atom. The van der Waals surface area contributed by atoms with E-state index >= 15 is 0 Å². The fourth-order valence-corrected chi connectivity index (χ4v) is 6.38. The SMILES string of the molecule is CC/C=C1/CCC2C3CCc4cc(NC=O)c(OC)cc4C3CCC12C. The van der Waals surface area contributed by atoms with E-state index in [0.29, 0.717) is 11.3 Å². The standard InChI is InChI=1S/C23H31NO2/c1-4-5-16-7-9-20-18-8-6-15-12-21(24-14-25)22(26-3)13-19(15)17(18)10-11-23(16,20)2/h5,12-14,17-18,20H,4,6-11H2,1-3H3,(H,24,25)/b16-5-. The van der Waals surface area contributed by atoms with E-state index in [4.69, 9.17) is 4.74 Å². The van der Waals surface area contributed by atoms with Crippen LogP contribution in [0.1, 0.15) is 69.4 Å². The Labute approximate surface area is 157 Å². The molecule has 0 aliphatic heterocycles. The molecule has 4 unspecified atom stereocenters. The van der Waals surface area contributed by atoms with Gasteiger partial charge in [-0.25, -0.2) is 0 Å². The zero-order valence-electron chi connectivity index (χ0n) is 16.3. The van der Waals surface area contributed by atoms with Crippen molar-refractivity contribution < 1.29 is 9.53 Å². The summed E-state index contributed by atoms with van der Waals surface area (Å²) < 4.78 is 5.57. The number of allylic oxidation sites excluding steroid dienone is 2. The predicted molar refractivity (Wildman–Crippen MR) is 106 cm³/mol. The summed E-state index contributed by atoms with van der Waals surface area (Å²) in [5.41, 5.74) is 5.84. The molecule has 3 heteroatoms. The first-order valence-electron chi connectivity index (χ1n) is 10.2. The van der Waals surface area contributed by atoms with Crippen molar-refractivity contribution in [3.8, 4) is 5.75 Å². The maximum Gasteiger partial charge on any atom is 0.211 e. The monoisotopic (exact) mass is 353 g/mol. The number of ether oxygens (including phenoxy) is 1. The highest BCUT2D eigenvalue weighted by molar-refractivity contribution is 5.76. The summed E-state index contributed by atoms with van der Waals surface area (Å²) in [5.74, 6) is 3.06. The molecule has 1 N–H and O–H groups in total. The minimum Gasteiger partial charge on any atom is -0.495 e. The second-order valence-electron chi connectivity index (χ2n) is 8.56. The van der Waals surface area contributed by atoms with E-state index in [1.165, 1.54) is 43.2 Å². The van der Waals surface area contributed by atoms with Crippen LogP contribution in [-0.2, 0) is 11.2 Å². The average molecular weight is 354 g/mol. The molecule has 4 atom stereocenters. The normalized spacial score (nSPS) is 34.0. The van der Waals surface area contributed by atoms with Gasteiger partial charge in [0, 0.05) is 0 Å². The van der Waals surface area contributed by atoms with Crippen molar-refractivity contribution in [2.45, 2.75) is 64.7 Å². The van der Waals surface area contributed by atoms with Gasteiger partial charge in [-0.2, -0.15) is 0 Å². The van der Waals surface area contributed by atoms with E-state index in [-0.39, 0.29) is 0 Å². The number of rotatable bonds is 4. The van der Waals surface area contributed by atoms with Crippen molar-refractivity contribution in [1.82, 2.24) is 0 Å². The lowest BCUT2D eigenvalue weighted by Gasteiger charge is -2.49. The van der Waals surface area contributed by atoms with Crippen LogP contribution >= 0.6 is 0 Å². The highest BCUT2D eigenvalue weighted by Crippen LogP contribution is 2.63. The van der Waals surface area contributed by atoms with E-state index in [1.54, 1.807) is 12.7 Å². The minimum atomic E-state index is 0.428. The van der Waals surface area contributed by atoms with Crippen LogP contribution in [0.4, 0.5) is 5.69 Å². The number of nitrogens with one attached hydrogen (secondary N) is 1. The topological polar surface area (TPSA) is 38.3 Å². The summed E-state index contributed by atoms with van der Waals surface area (Å²) in [7, 11) is 1.69. The number of hydrogen-bond donors (Lipinski definition) is 1. The van der Waals surface area contributed by atoms with Gasteiger partial charge in [-0.15, -0.1) is 0 Å². The lowest BCUT2D eigenvalue weighted by Crippen LogP contribution is -2.40. The third-order valence-electron chi connectivity index (χ3n) is 7.56. The van der Waals surface area contributed by atoms with Gasteiger partial charge in [0.1, 0.15) is 5.75 Å². The molecule has 140 valence electrons. The van der Waals surface area contributed by atoms with Gasteiger partial charge in [0.2, 0.25) is 6.41 Å². The Morgan fingerprint density at radius 2 is 2.12 bits per heavy atom. The molecular weight excluding hydrogens is 322 g/mol. The van der Waals surface area contributed by atoms with Crippen molar-refractivity contribution in [3.05, 3.63) is 34.9 Å². The van der Waals surface area contributed by atoms with Gasteiger partial charge in [-0.05, 0) is 91.4 Å². The zero-order chi connectivity index (χ0) is 18.3. The number of carbonyl (C=O) groups excluding carboxylic acids is 1. The summed E-state index contributed by atoms with van der Waals surface area (Å²) >= 11 is 0. The van der Waals surface area contributed by atoms with Gasteiger partial charge in [0.15, 0.2) is 0 Å². The van der Waals surface area contributed by atoms with Crippen molar-refractivity contribution >= 4 is 12.1 Å². The Hall–Kier alpha value is -1.77. The summed E-state index contributed by atoms with van der Waals surface area (Å²) in [4.78, 5) is 10.9. The van der Waals surface area contributed by atoms with E-state index < -0.39 is 0 Å². The molecule has 3 aliphatic rings. The lowest BCUT2D eigenvalue weighted by molar-refractivity contribution is -0.105. The van der Waals surface area contributed by atoms with Gasteiger partial charge < -0.3 is 10.1 Å². The highest BCUT2D eigenvalue weighted by atomic mass is 16.5. The molecule has 3 nitrogen and oxygen atoms in total. The largest absolute Gasteiger partial charge is 0.495 e. The molecule has 0 bridgehead atoms. The first-order valence-corrected chi connectivity index (χ1v) is 10.2. The molecule has 0 spiro atoms. The number of amides is 1. The molecule has 4 rings (SSSR count). The van der Waals surface area contributed by atoms with Crippen LogP contribution in [0.15, 0.2) is 23.8 Å². The number of aryl methyl sites for hydroxylation is 1. The molecule has 0 radical (unpaired) electrons. The maximum absolute atomic E-state index is 10.9. The van der Waals surface area contributed by atoms with Crippen LogP contribution in [0.2, 0.25) is 0 Å².